The van der Waals surface area contributed by atoms with Crippen molar-refractivity contribution in [3.05, 3.63) is 65.7 Å². The van der Waals surface area contributed by atoms with Crippen molar-refractivity contribution in [3.63, 3.8) is 0 Å². The Hall–Kier alpha value is -2.94. The number of methoxy groups -OCH3 is 2. The Morgan fingerprint density at radius 1 is 0.828 bits per heavy atom. The van der Waals surface area contributed by atoms with Crippen molar-refractivity contribution in [2.24, 2.45) is 0 Å². The van der Waals surface area contributed by atoms with Gasteiger partial charge in [0.15, 0.2) is 0 Å². The van der Waals surface area contributed by atoms with Gasteiger partial charge in [0.05, 0.1) is 14.2 Å². The average molecular weight is 426 g/mol. The molecule has 0 amide bonds. The molecule has 3 aromatic rings. The minimum absolute atomic E-state index is 0.153. The van der Waals surface area contributed by atoms with Crippen LogP contribution in [0.4, 0.5) is 13.2 Å². The predicted octanol–water partition coefficient (Wildman–Crippen LogP) is 4.68. The Bertz CT molecular complexity index is 1120. The lowest BCUT2D eigenvalue weighted by atomic mass is 10.00. The van der Waals surface area contributed by atoms with E-state index in [1.165, 1.54) is 20.3 Å². The van der Waals surface area contributed by atoms with Crippen molar-refractivity contribution in [2.75, 3.05) is 14.2 Å². The molecule has 9 heteroatoms. The second kappa shape index (κ2) is 7.82. The van der Waals surface area contributed by atoms with Gasteiger partial charge in [-0.1, -0.05) is 18.2 Å². The van der Waals surface area contributed by atoms with Gasteiger partial charge in [0.25, 0.3) is 0 Å². The smallest absolute Gasteiger partial charge is 0.497 e. The van der Waals surface area contributed by atoms with Crippen LogP contribution >= 0.6 is 0 Å². The third-order valence-electron chi connectivity index (χ3n) is 4.26. The summed E-state index contributed by atoms with van der Waals surface area (Å²) in [6, 6.07) is 14.7. The van der Waals surface area contributed by atoms with Crippen molar-refractivity contribution >= 4 is 20.9 Å². The highest BCUT2D eigenvalue weighted by molar-refractivity contribution is 7.88. The monoisotopic (exact) mass is 426 g/mol. The van der Waals surface area contributed by atoms with Gasteiger partial charge in [0.2, 0.25) is 0 Å². The van der Waals surface area contributed by atoms with E-state index in [0.29, 0.717) is 22.3 Å². The molecule has 0 bridgehead atoms. The van der Waals surface area contributed by atoms with E-state index in [2.05, 4.69) is 4.18 Å². The quantitative estimate of drug-likeness (QED) is 0.423. The Labute approximate surface area is 165 Å². The summed E-state index contributed by atoms with van der Waals surface area (Å²) in [4.78, 5) is 0. The second-order valence-electron chi connectivity index (χ2n) is 6.18. The first-order valence-electron chi connectivity index (χ1n) is 8.37. The van der Waals surface area contributed by atoms with Gasteiger partial charge in [-0.2, -0.15) is 21.6 Å². The molecule has 0 fully saturated rings. The summed E-state index contributed by atoms with van der Waals surface area (Å²) in [5, 5.41) is 1.18. The third kappa shape index (κ3) is 4.56. The van der Waals surface area contributed by atoms with Gasteiger partial charge >= 0.3 is 15.6 Å². The fraction of sp³-hybridized carbons (Fsp3) is 0.200. The van der Waals surface area contributed by atoms with Crippen LogP contribution in [0.1, 0.15) is 11.1 Å². The topological polar surface area (TPSA) is 61.8 Å². The summed E-state index contributed by atoms with van der Waals surface area (Å²) in [7, 11) is -2.80. The molecule has 3 rings (SSSR count). The molecule has 3 aromatic carbocycles. The highest BCUT2D eigenvalue weighted by Gasteiger charge is 2.48. The molecule has 0 N–H and O–H groups in total. The molecule has 0 spiro atoms. The van der Waals surface area contributed by atoms with Crippen molar-refractivity contribution in [1.82, 2.24) is 0 Å². The molecule has 154 valence electrons. The number of rotatable bonds is 6. The summed E-state index contributed by atoms with van der Waals surface area (Å²) in [6.45, 7) is 0. The molecule has 0 saturated carbocycles. The number of halogens is 3. The van der Waals surface area contributed by atoms with Crippen LogP contribution in [-0.2, 0) is 16.5 Å². The molecule has 0 unspecified atom stereocenters. The fourth-order valence-corrected chi connectivity index (χ4v) is 3.26. The summed E-state index contributed by atoms with van der Waals surface area (Å²) in [5.74, 6) is 0.799. The number of alkyl halides is 3. The molecule has 0 saturated heterocycles. The Morgan fingerprint density at radius 3 is 2.03 bits per heavy atom. The number of hydrogen-bond donors (Lipinski definition) is 0. The van der Waals surface area contributed by atoms with E-state index in [-0.39, 0.29) is 17.7 Å². The minimum atomic E-state index is -5.80. The highest BCUT2D eigenvalue weighted by atomic mass is 32.2. The Kier molecular flexibility index (Phi) is 5.61. The zero-order valence-corrected chi connectivity index (χ0v) is 16.3. The van der Waals surface area contributed by atoms with Gasteiger partial charge in [-0.25, -0.2) is 0 Å². The van der Waals surface area contributed by atoms with Crippen LogP contribution in [-0.4, -0.2) is 28.1 Å². The van der Waals surface area contributed by atoms with E-state index in [1.807, 2.05) is 0 Å². The summed E-state index contributed by atoms with van der Waals surface area (Å²) in [6.07, 6.45) is 0.153. The molecular formula is C20H17F3O5S. The summed E-state index contributed by atoms with van der Waals surface area (Å²) < 4.78 is 76.3. The second-order valence-corrected chi connectivity index (χ2v) is 7.72. The molecule has 0 atom stereocenters. The SMILES string of the molecule is COc1ccc(Cc2cc3cc(OC)ccc3cc2OS(=O)(=O)C(F)(F)F)cc1. The van der Waals surface area contributed by atoms with Crippen molar-refractivity contribution in [1.29, 1.82) is 0 Å². The maximum Gasteiger partial charge on any atom is 0.534 e. The van der Waals surface area contributed by atoms with Crippen LogP contribution in [0.25, 0.3) is 10.8 Å². The normalized spacial score (nSPS) is 12.0. The lowest BCUT2D eigenvalue weighted by Gasteiger charge is -2.15. The van der Waals surface area contributed by atoms with E-state index >= 15 is 0 Å². The number of fused-ring (bicyclic) bond motifs is 1. The van der Waals surface area contributed by atoms with E-state index in [9.17, 15) is 21.6 Å². The number of benzene rings is 3. The predicted molar refractivity (Wildman–Crippen MR) is 102 cm³/mol. The van der Waals surface area contributed by atoms with Gasteiger partial charge in [0.1, 0.15) is 17.2 Å². The van der Waals surface area contributed by atoms with Crippen LogP contribution in [0.5, 0.6) is 17.2 Å². The molecule has 0 aliphatic carbocycles. The Balaban J connectivity index is 2.09. The molecule has 0 aliphatic heterocycles. The van der Waals surface area contributed by atoms with Crippen molar-refractivity contribution in [3.8, 4) is 17.2 Å². The molecular weight excluding hydrogens is 409 g/mol. The van der Waals surface area contributed by atoms with Crippen LogP contribution < -0.4 is 13.7 Å². The molecule has 29 heavy (non-hydrogen) atoms. The van der Waals surface area contributed by atoms with E-state index in [1.54, 1.807) is 48.5 Å². The fourth-order valence-electron chi connectivity index (χ4n) is 2.77. The highest BCUT2D eigenvalue weighted by Crippen LogP contribution is 2.34. The maximum absolute atomic E-state index is 12.8. The first-order chi connectivity index (χ1) is 13.6. The van der Waals surface area contributed by atoms with Gasteiger partial charge in [-0.3, -0.25) is 0 Å². The van der Waals surface area contributed by atoms with Gasteiger partial charge in [-0.15, -0.1) is 0 Å². The third-order valence-corrected chi connectivity index (χ3v) is 5.23. The lowest BCUT2D eigenvalue weighted by molar-refractivity contribution is -0.0500. The number of hydrogen-bond acceptors (Lipinski definition) is 5. The van der Waals surface area contributed by atoms with Crippen LogP contribution in [0, 0.1) is 0 Å². The van der Waals surface area contributed by atoms with Crippen LogP contribution in [0.2, 0.25) is 0 Å². The van der Waals surface area contributed by atoms with E-state index in [4.69, 9.17) is 9.47 Å². The van der Waals surface area contributed by atoms with Crippen LogP contribution in [0.3, 0.4) is 0 Å². The van der Waals surface area contributed by atoms with E-state index in [0.717, 1.165) is 5.56 Å². The first kappa shape index (κ1) is 20.8. The average Bonchev–Trinajstić information content (AvgIpc) is 2.67. The first-order valence-corrected chi connectivity index (χ1v) is 9.78. The molecule has 0 aromatic heterocycles. The lowest BCUT2D eigenvalue weighted by Crippen LogP contribution is -2.28. The summed E-state index contributed by atoms with van der Waals surface area (Å²) >= 11 is 0. The van der Waals surface area contributed by atoms with Crippen molar-refractivity contribution < 1.29 is 35.2 Å². The van der Waals surface area contributed by atoms with Crippen LogP contribution in [0.15, 0.2) is 54.6 Å². The van der Waals surface area contributed by atoms with Gasteiger partial charge < -0.3 is 13.7 Å². The summed E-state index contributed by atoms with van der Waals surface area (Å²) in [5.41, 5.74) is -4.51. The zero-order chi connectivity index (χ0) is 21.2. The largest absolute Gasteiger partial charge is 0.534 e. The molecule has 0 aliphatic rings. The maximum atomic E-state index is 12.8. The molecule has 5 nitrogen and oxygen atoms in total. The minimum Gasteiger partial charge on any atom is -0.497 e. The van der Waals surface area contributed by atoms with Gasteiger partial charge in [-0.05, 0) is 52.7 Å². The zero-order valence-electron chi connectivity index (χ0n) is 15.5. The molecule has 0 radical (unpaired) electrons. The molecule has 0 heterocycles. The van der Waals surface area contributed by atoms with Crippen molar-refractivity contribution in [2.45, 2.75) is 11.9 Å². The standard InChI is InChI=1S/C20H17F3O5S/c1-26-17-6-3-13(4-7-17)9-16-10-15-11-18(27-2)8-5-14(15)12-19(16)28-29(24,25)20(21,22)23/h3-8,10-12H,9H2,1-2H3. The Morgan fingerprint density at radius 2 is 1.45 bits per heavy atom. The number of ether oxygens (including phenoxy) is 2. The van der Waals surface area contributed by atoms with E-state index < -0.39 is 15.6 Å². The van der Waals surface area contributed by atoms with Gasteiger partial charge in [0, 0.05) is 12.0 Å².